The summed E-state index contributed by atoms with van der Waals surface area (Å²) in [6.45, 7) is 3.76. The van der Waals surface area contributed by atoms with Crippen LogP contribution in [0.15, 0.2) is 18.5 Å². The Morgan fingerprint density at radius 2 is 2.06 bits per heavy atom. The molecule has 1 heterocycles. The summed E-state index contributed by atoms with van der Waals surface area (Å²) < 4.78 is 5.20. The number of nitrogens with zero attached hydrogens (tertiary/aromatic N) is 2. The van der Waals surface area contributed by atoms with Crippen molar-refractivity contribution in [1.29, 1.82) is 0 Å². The van der Waals surface area contributed by atoms with E-state index < -0.39 is 0 Å². The van der Waals surface area contributed by atoms with Crippen LogP contribution in [0, 0.1) is 13.8 Å². The molecule has 2 rings (SSSR count). The molecule has 0 radical (unpaired) electrons. The Kier molecular flexibility index (Phi) is 2.91. The Morgan fingerprint density at radius 1 is 1.29 bits per heavy atom. The van der Waals surface area contributed by atoms with E-state index in [2.05, 4.69) is 15.2 Å². The van der Waals surface area contributed by atoms with E-state index in [0.717, 1.165) is 16.9 Å². The third kappa shape index (κ3) is 2.04. The molecule has 0 saturated heterocycles. The number of aryl methyl sites for hydroxylation is 2. The van der Waals surface area contributed by atoms with Crippen LogP contribution in [0.1, 0.15) is 27.3 Å². The molecule has 0 aliphatic carbocycles. The molecular weight excluding hydrogens is 218 g/mol. The van der Waals surface area contributed by atoms with Crippen molar-refractivity contribution in [2.45, 2.75) is 13.8 Å². The Balaban J connectivity index is 2.46. The average Bonchev–Trinajstić information content (AvgIpc) is 2.84. The Labute approximate surface area is 98.8 Å². The van der Waals surface area contributed by atoms with Gasteiger partial charge in [-0.15, -0.1) is 0 Å². The highest BCUT2D eigenvalue weighted by atomic mass is 16.5. The zero-order chi connectivity index (χ0) is 12.4. The maximum absolute atomic E-state index is 12.1. The van der Waals surface area contributed by atoms with Crippen LogP contribution in [0.3, 0.4) is 0 Å². The minimum atomic E-state index is -0.161. The standard InChI is InChI=1S/C12H13N3O2/c1-7-5-10(17-3)8(2)4-9(7)11(16)12-13-6-14-15-12/h4-6H,1-3H3,(H,13,14,15). The second-order valence-electron chi connectivity index (χ2n) is 3.80. The van der Waals surface area contributed by atoms with Gasteiger partial charge in [-0.1, -0.05) is 0 Å². The van der Waals surface area contributed by atoms with Gasteiger partial charge in [0, 0.05) is 5.56 Å². The Bertz CT molecular complexity index is 547. The number of aromatic amines is 1. The Hall–Kier alpha value is -2.17. The number of carbonyl (C=O) groups is 1. The van der Waals surface area contributed by atoms with E-state index in [9.17, 15) is 4.79 Å². The van der Waals surface area contributed by atoms with Crippen LogP contribution in [-0.2, 0) is 0 Å². The van der Waals surface area contributed by atoms with Gasteiger partial charge in [0.15, 0.2) is 5.82 Å². The lowest BCUT2D eigenvalue weighted by Gasteiger charge is -2.09. The fourth-order valence-corrected chi connectivity index (χ4v) is 1.70. The van der Waals surface area contributed by atoms with Crippen molar-refractivity contribution in [3.05, 3.63) is 41.0 Å². The Morgan fingerprint density at radius 3 is 2.65 bits per heavy atom. The first-order valence-corrected chi connectivity index (χ1v) is 5.18. The van der Waals surface area contributed by atoms with Crippen LogP contribution in [0.25, 0.3) is 0 Å². The van der Waals surface area contributed by atoms with Gasteiger partial charge < -0.3 is 4.74 Å². The number of nitrogens with one attached hydrogen (secondary N) is 1. The SMILES string of the molecule is COc1cc(C)c(C(=O)c2ncn[nH]2)cc1C. The summed E-state index contributed by atoms with van der Waals surface area (Å²) in [4.78, 5) is 16.0. The van der Waals surface area contributed by atoms with Crippen LogP contribution in [0.2, 0.25) is 0 Å². The zero-order valence-electron chi connectivity index (χ0n) is 9.94. The molecule has 0 aliphatic heterocycles. The van der Waals surface area contributed by atoms with E-state index >= 15 is 0 Å². The number of ether oxygens (including phenoxy) is 1. The van der Waals surface area contributed by atoms with E-state index in [-0.39, 0.29) is 11.6 Å². The zero-order valence-corrected chi connectivity index (χ0v) is 9.94. The molecule has 1 aromatic heterocycles. The molecule has 17 heavy (non-hydrogen) atoms. The summed E-state index contributed by atoms with van der Waals surface area (Å²) in [5.74, 6) is 0.861. The molecule has 5 nitrogen and oxygen atoms in total. The number of hydrogen-bond acceptors (Lipinski definition) is 4. The minimum Gasteiger partial charge on any atom is -0.496 e. The summed E-state index contributed by atoms with van der Waals surface area (Å²) in [5.41, 5.74) is 2.38. The molecule has 0 spiro atoms. The second kappa shape index (κ2) is 4.37. The maximum atomic E-state index is 12.1. The van der Waals surface area contributed by atoms with Crippen molar-refractivity contribution in [2.75, 3.05) is 7.11 Å². The largest absolute Gasteiger partial charge is 0.496 e. The normalized spacial score (nSPS) is 10.3. The molecule has 2 aromatic rings. The minimum absolute atomic E-state index is 0.161. The second-order valence-corrected chi connectivity index (χ2v) is 3.80. The summed E-state index contributed by atoms with van der Waals surface area (Å²) in [6, 6.07) is 3.65. The summed E-state index contributed by atoms with van der Waals surface area (Å²) in [6.07, 6.45) is 1.32. The van der Waals surface area contributed by atoms with Crippen molar-refractivity contribution in [1.82, 2.24) is 15.2 Å². The average molecular weight is 231 g/mol. The van der Waals surface area contributed by atoms with Gasteiger partial charge in [0.1, 0.15) is 12.1 Å². The fraction of sp³-hybridized carbons (Fsp3) is 0.250. The van der Waals surface area contributed by atoms with Crippen molar-refractivity contribution in [3.8, 4) is 5.75 Å². The first kappa shape index (κ1) is 11.3. The molecule has 1 N–H and O–H groups in total. The number of carbonyl (C=O) groups excluding carboxylic acids is 1. The molecule has 0 amide bonds. The number of H-pyrrole nitrogens is 1. The smallest absolute Gasteiger partial charge is 0.230 e. The number of aromatic nitrogens is 3. The maximum Gasteiger partial charge on any atom is 0.230 e. The monoisotopic (exact) mass is 231 g/mol. The van der Waals surface area contributed by atoms with Gasteiger partial charge in [0.25, 0.3) is 0 Å². The lowest BCUT2D eigenvalue weighted by atomic mass is 10.0. The number of ketones is 1. The quantitative estimate of drug-likeness (QED) is 0.816. The van der Waals surface area contributed by atoms with Gasteiger partial charge >= 0.3 is 0 Å². The molecule has 1 aromatic carbocycles. The number of hydrogen-bond donors (Lipinski definition) is 1. The van der Waals surface area contributed by atoms with Gasteiger partial charge in [0.2, 0.25) is 5.78 Å². The summed E-state index contributed by atoms with van der Waals surface area (Å²) >= 11 is 0. The van der Waals surface area contributed by atoms with E-state index in [4.69, 9.17) is 4.74 Å². The van der Waals surface area contributed by atoms with E-state index in [1.807, 2.05) is 19.9 Å². The molecule has 0 saturated carbocycles. The molecule has 5 heteroatoms. The van der Waals surface area contributed by atoms with Crippen LogP contribution in [0.4, 0.5) is 0 Å². The van der Waals surface area contributed by atoms with Gasteiger partial charge in [-0.05, 0) is 37.1 Å². The van der Waals surface area contributed by atoms with Crippen LogP contribution < -0.4 is 4.74 Å². The third-order valence-corrected chi connectivity index (χ3v) is 2.62. The van der Waals surface area contributed by atoms with Crippen molar-refractivity contribution >= 4 is 5.78 Å². The molecular formula is C12H13N3O2. The molecule has 0 bridgehead atoms. The highest BCUT2D eigenvalue weighted by Gasteiger charge is 2.16. The van der Waals surface area contributed by atoms with Gasteiger partial charge in [-0.3, -0.25) is 9.89 Å². The van der Waals surface area contributed by atoms with Crippen molar-refractivity contribution in [3.63, 3.8) is 0 Å². The first-order valence-electron chi connectivity index (χ1n) is 5.18. The van der Waals surface area contributed by atoms with Gasteiger partial charge in [0.05, 0.1) is 7.11 Å². The topological polar surface area (TPSA) is 67.9 Å². The lowest BCUT2D eigenvalue weighted by molar-refractivity contribution is 0.102. The molecule has 88 valence electrons. The van der Waals surface area contributed by atoms with Crippen molar-refractivity contribution in [2.24, 2.45) is 0 Å². The third-order valence-electron chi connectivity index (χ3n) is 2.62. The van der Waals surface area contributed by atoms with Gasteiger partial charge in [-0.2, -0.15) is 5.10 Å². The fourth-order valence-electron chi connectivity index (χ4n) is 1.70. The van der Waals surface area contributed by atoms with E-state index in [1.165, 1.54) is 6.33 Å². The van der Waals surface area contributed by atoms with Crippen LogP contribution in [0.5, 0.6) is 5.75 Å². The van der Waals surface area contributed by atoms with Crippen LogP contribution in [-0.4, -0.2) is 28.1 Å². The predicted molar refractivity (Wildman–Crippen MR) is 62.3 cm³/mol. The van der Waals surface area contributed by atoms with Gasteiger partial charge in [-0.25, -0.2) is 4.98 Å². The molecule has 0 atom stereocenters. The number of benzene rings is 1. The first-order chi connectivity index (χ1) is 8.13. The van der Waals surface area contributed by atoms with Crippen LogP contribution >= 0.6 is 0 Å². The summed E-state index contributed by atoms with van der Waals surface area (Å²) in [5, 5.41) is 6.24. The summed E-state index contributed by atoms with van der Waals surface area (Å²) in [7, 11) is 1.61. The molecule has 0 unspecified atom stereocenters. The number of methoxy groups -OCH3 is 1. The predicted octanol–water partition coefficient (Wildman–Crippen LogP) is 1.66. The lowest BCUT2D eigenvalue weighted by Crippen LogP contribution is -2.07. The van der Waals surface area contributed by atoms with Crippen molar-refractivity contribution < 1.29 is 9.53 Å². The highest BCUT2D eigenvalue weighted by molar-refractivity contribution is 6.07. The molecule has 0 fully saturated rings. The van der Waals surface area contributed by atoms with E-state index in [0.29, 0.717) is 5.56 Å². The number of rotatable bonds is 3. The van der Waals surface area contributed by atoms with E-state index in [1.54, 1.807) is 13.2 Å². The highest BCUT2D eigenvalue weighted by Crippen LogP contribution is 2.23. The molecule has 0 aliphatic rings.